The van der Waals surface area contributed by atoms with Crippen LogP contribution in [0.4, 0.5) is 0 Å². The summed E-state index contributed by atoms with van der Waals surface area (Å²) in [5, 5.41) is 2.66. The van der Waals surface area contributed by atoms with Gasteiger partial charge in [-0.3, -0.25) is 9.69 Å². The molecule has 1 aliphatic rings. The molecule has 0 radical (unpaired) electrons. The minimum absolute atomic E-state index is 0.0689. The molecule has 3 N–H and O–H groups in total. The lowest BCUT2D eigenvalue weighted by atomic mass is 9.96. The minimum atomic E-state index is 0.0689. The van der Waals surface area contributed by atoms with Crippen LogP contribution in [0.25, 0.3) is 0 Å². The molecule has 0 bridgehead atoms. The third kappa shape index (κ3) is 4.61. The topological polar surface area (TPSA) is 67.6 Å². The summed E-state index contributed by atoms with van der Waals surface area (Å²) >= 11 is 0. The molecule has 1 aliphatic heterocycles. The van der Waals surface area contributed by atoms with Crippen LogP contribution in [0.5, 0.6) is 0 Å². The molecule has 1 saturated heterocycles. The number of nitrogens with zero attached hydrogens (tertiary/aromatic N) is 1. The van der Waals surface area contributed by atoms with E-state index in [-0.39, 0.29) is 11.9 Å². The number of ether oxygens (including phenoxy) is 1. The highest BCUT2D eigenvalue weighted by Gasteiger charge is 2.25. The molecule has 0 spiro atoms. The molecule has 0 aliphatic carbocycles. The van der Waals surface area contributed by atoms with Crippen molar-refractivity contribution >= 4 is 5.91 Å². The predicted octanol–water partition coefficient (Wildman–Crippen LogP) is -0.192. The Labute approximate surface area is 104 Å². The molecule has 0 saturated carbocycles. The Bertz CT molecular complexity index is 228. The monoisotopic (exact) mass is 243 g/mol. The Hall–Kier alpha value is -0.650. The van der Waals surface area contributed by atoms with Crippen molar-refractivity contribution in [2.75, 3.05) is 40.4 Å². The molecule has 1 amide bonds. The highest BCUT2D eigenvalue weighted by Crippen LogP contribution is 2.19. The molecule has 1 rings (SSSR count). The van der Waals surface area contributed by atoms with Gasteiger partial charge < -0.3 is 15.8 Å². The van der Waals surface area contributed by atoms with Crippen LogP contribution < -0.4 is 11.1 Å². The Morgan fingerprint density at radius 2 is 2.18 bits per heavy atom. The third-order valence-corrected chi connectivity index (χ3v) is 3.54. The smallest absolute Gasteiger partial charge is 0.221 e. The van der Waals surface area contributed by atoms with E-state index in [0.29, 0.717) is 18.9 Å². The average molecular weight is 243 g/mol. The summed E-state index contributed by atoms with van der Waals surface area (Å²) in [6, 6.07) is 0.179. The number of nitrogens with one attached hydrogen (secondary N) is 1. The van der Waals surface area contributed by atoms with Crippen LogP contribution in [0.1, 0.15) is 19.3 Å². The fourth-order valence-electron chi connectivity index (χ4n) is 2.40. The van der Waals surface area contributed by atoms with Crippen LogP contribution >= 0.6 is 0 Å². The number of amides is 1. The first-order valence-electron chi connectivity index (χ1n) is 6.34. The van der Waals surface area contributed by atoms with Gasteiger partial charge in [0.25, 0.3) is 0 Å². The number of hydrogen-bond donors (Lipinski definition) is 2. The van der Waals surface area contributed by atoms with E-state index >= 15 is 0 Å². The summed E-state index contributed by atoms with van der Waals surface area (Å²) < 4.78 is 5.18. The van der Waals surface area contributed by atoms with Gasteiger partial charge in [0.1, 0.15) is 0 Å². The van der Waals surface area contributed by atoms with E-state index in [1.165, 1.54) is 0 Å². The second kappa shape index (κ2) is 7.63. The molecule has 17 heavy (non-hydrogen) atoms. The summed E-state index contributed by atoms with van der Waals surface area (Å²) in [5.41, 5.74) is 5.75. The lowest BCUT2D eigenvalue weighted by Crippen LogP contribution is -2.47. The maximum absolute atomic E-state index is 11.4. The van der Waals surface area contributed by atoms with Crippen LogP contribution in [0.3, 0.4) is 0 Å². The zero-order valence-corrected chi connectivity index (χ0v) is 10.9. The van der Waals surface area contributed by atoms with Crippen LogP contribution in [-0.4, -0.2) is 57.2 Å². The van der Waals surface area contributed by atoms with Gasteiger partial charge in [0, 0.05) is 39.8 Å². The van der Waals surface area contributed by atoms with Crippen molar-refractivity contribution in [2.24, 2.45) is 11.7 Å². The first-order chi connectivity index (χ1) is 8.21. The van der Waals surface area contributed by atoms with Gasteiger partial charge in [-0.05, 0) is 31.8 Å². The van der Waals surface area contributed by atoms with Crippen LogP contribution in [0.15, 0.2) is 0 Å². The van der Waals surface area contributed by atoms with Gasteiger partial charge in [-0.1, -0.05) is 0 Å². The van der Waals surface area contributed by atoms with E-state index < -0.39 is 0 Å². The normalized spacial score (nSPS) is 20.2. The van der Waals surface area contributed by atoms with Crippen molar-refractivity contribution in [3.8, 4) is 0 Å². The van der Waals surface area contributed by atoms with Gasteiger partial charge in [-0.2, -0.15) is 0 Å². The lowest BCUT2D eigenvalue weighted by molar-refractivity contribution is -0.122. The number of rotatable bonds is 6. The van der Waals surface area contributed by atoms with Crippen molar-refractivity contribution < 1.29 is 9.53 Å². The molecule has 5 heteroatoms. The zero-order valence-electron chi connectivity index (χ0n) is 10.9. The number of piperidine rings is 1. The molecule has 0 aromatic carbocycles. The summed E-state index contributed by atoms with van der Waals surface area (Å²) in [4.78, 5) is 13.7. The quantitative estimate of drug-likeness (QED) is 0.678. The van der Waals surface area contributed by atoms with Crippen molar-refractivity contribution in [1.82, 2.24) is 10.2 Å². The lowest BCUT2D eigenvalue weighted by Gasteiger charge is -2.36. The van der Waals surface area contributed by atoms with E-state index in [4.69, 9.17) is 10.5 Å². The third-order valence-electron chi connectivity index (χ3n) is 3.54. The summed E-state index contributed by atoms with van der Waals surface area (Å²) in [6.45, 7) is 3.43. The molecule has 5 nitrogen and oxygen atoms in total. The Morgan fingerprint density at radius 1 is 1.53 bits per heavy atom. The number of carbonyl (C=O) groups excluding carboxylic acids is 1. The van der Waals surface area contributed by atoms with Gasteiger partial charge in [-0.15, -0.1) is 0 Å². The van der Waals surface area contributed by atoms with E-state index in [1.54, 1.807) is 14.2 Å². The van der Waals surface area contributed by atoms with E-state index in [0.717, 1.165) is 32.5 Å². The van der Waals surface area contributed by atoms with Gasteiger partial charge in [0.2, 0.25) is 5.91 Å². The highest BCUT2D eigenvalue weighted by atomic mass is 16.5. The number of hydrogen-bond acceptors (Lipinski definition) is 4. The molecular formula is C12H25N3O2. The first-order valence-corrected chi connectivity index (χ1v) is 6.34. The van der Waals surface area contributed by atoms with Gasteiger partial charge in [-0.25, -0.2) is 0 Å². The fraction of sp³-hybridized carbons (Fsp3) is 0.917. The van der Waals surface area contributed by atoms with E-state index in [2.05, 4.69) is 10.2 Å². The van der Waals surface area contributed by atoms with Crippen molar-refractivity contribution in [1.29, 1.82) is 0 Å². The fourth-order valence-corrected chi connectivity index (χ4v) is 2.40. The molecule has 100 valence electrons. The van der Waals surface area contributed by atoms with Crippen molar-refractivity contribution in [2.45, 2.75) is 25.3 Å². The second-order valence-electron chi connectivity index (χ2n) is 4.70. The number of nitrogens with two attached hydrogens (primary N) is 1. The molecule has 0 aromatic heterocycles. The molecule has 1 atom stereocenters. The number of likely N-dealkylation sites (tertiary alicyclic amines) is 1. The first kappa shape index (κ1) is 14.4. The number of methoxy groups -OCH3 is 1. The van der Waals surface area contributed by atoms with Gasteiger partial charge >= 0.3 is 0 Å². The standard InChI is InChI=1S/C12H25N3O2/c1-14-12(16)7-11(8-13)15-5-3-10(4-6-15)9-17-2/h10-11H,3-9,13H2,1-2H3,(H,14,16). The van der Waals surface area contributed by atoms with E-state index in [9.17, 15) is 4.79 Å². The van der Waals surface area contributed by atoms with Gasteiger partial charge in [0.15, 0.2) is 0 Å². The Balaban J connectivity index is 2.36. The van der Waals surface area contributed by atoms with Crippen LogP contribution in [-0.2, 0) is 9.53 Å². The SMILES string of the molecule is CNC(=O)CC(CN)N1CCC(COC)CC1. The maximum Gasteiger partial charge on any atom is 0.221 e. The predicted molar refractivity (Wildman–Crippen MR) is 67.7 cm³/mol. The van der Waals surface area contributed by atoms with Crippen molar-refractivity contribution in [3.05, 3.63) is 0 Å². The largest absolute Gasteiger partial charge is 0.384 e. The average Bonchev–Trinajstić information content (AvgIpc) is 2.37. The second-order valence-corrected chi connectivity index (χ2v) is 4.70. The van der Waals surface area contributed by atoms with Crippen LogP contribution in [0, 0.1) is 5.92 Å². The maximum atomic E-state index is 11.4. The molecular weight excluding hydrogens is 218 g/mol. The summed E-state index contributed by atoms with van der Waals surface area (Å²) in [6.07, 6.45) is 2.78. The molecule has 1 heterocycles. The molecule has 1 fully saturated rings. The minimum Gasteiger partial charge on any atom is -0.384 e. The summed E-state index contributed by atoms with van der Waals surface area (Å²) in [5.74, 6) is 0.731. The molecule has 0 aromatic rings. The highest BCUT2D eigenvalue weighted by molar-refractivity contribution is 5.76. The summed E-state index contributed by atoms with van der Waals surface area (Å²) in [7, 11) is 3.42. The number of carbonyl (C=O) groups is 1. The molecule has 1 unspecified atom stereocenters. The zero-order chi connectivity index (χ0) is 12.7. The van der Waals surface area contributed by atoms with Crippen LogP contribution in [0.2, 0.25) is 0 Å². The Kier molecular flexibility index (Phi) is 6.47. The van der Waals surface area contributed by atoms with Gasteiger partial charge in [0.05, 0.1) is 0 Å². The van der Waals surface area contributed by atoms with Crippen molar-refractivity contribution in [3.63, 3.8) is 0 Å². The van der Waals surface area contributed by atoms with E-state index in [1.807, 2.05) is 0 Å². The Morgan fingerprint density at radius 3 is 2.65 bits per heavy atom.